The minimum absolute atomic E-state index is 0.103. The summed E-state index contributed by atoms with van der Waals surface area (Å²) in [6.45, 7) is 6.78. The molecule has 0 saturated carbocycles. The Morgan fingerprint density at radius 2 is 1.85 bits per heavy atom. The van der Waals surface area contributed by atoms with E-state index in [0.29, 0.717) is 36.9 Å². The first-order valence-corrected chi connectivity index (χ1v) is 12.0. The number of anilines is 1. The molecule has 9 heteroatoms. The number of fused-ring (bicyclic) bond motifs is 2. The fourth-order valence-electron chi connectivity index (χ4n) is 3.80. The van der Waals surface area contributed by atoms with Crippen LogP contribution in [-0.2, 0) is 16.1 Å². The quantitative estimate of drug-likeness (QED) is 0.437. The predicted octanol–water partition coefficient (Wildman–Crippen LogP) is 3.35. The molecule has 8 nitrogen and oxygen atoms in total. The van der Waals surface area contributed by atoms with E-state index in [1.54, 1.807) is 6.07 Å². The number of amides is 1. The molecule has 0 aliphatic carbocycles. The van der Waals surface area contributed by atoms with Gasteiger partial charge in [0.15, 0.2) is 11.5 Å². The molecule has 3 heterocycles. The van der Waals surface area contributed by atoms with E-state index >= 15 is 0 Å². The standard InChI is InChI=1S/C24H26N4O4S/c1-16(23(29)25-17-6-7-20-21(14-17)32-13-12-31-20)33-24-18-4-2-3-5-19(18)26-22(27-24)15-28-8-10-30-11-9-28/h2-7,14,16H,8-13,15H2,1H3,(H,25,29)/t16-/m0/s1. The summed E-state index contributed by atoms with van der Waals surface area (Å²) in [4.78, 5) is 24.8. The number of hydrogen-bond donors (Lipinski definition) is 1. The molecule has 0 unspecified atom stereocenters. The number of carbonyl (C=O) groups excluding carboxylic acids is 1. The Kier molecular flexibility index (Phi) is 6.61. The van der Waals surface area contributed by atoms with E-state index < -0.39 is 0 Å². The molecule has 3 aromatic rings. The lowest BCUT2D eigenvalue weighted by Gasteiger charge is -2.26. The summed E-state index contributed by atoms with van der Waals surface area (Å²) in [5.74, 6) is 2.00. The Morgan fingerprint density at radius 3 is 2.70 bits per heavy atom. The SMILES string of the molecule is C[C@H](Sc1nc(CN2CCOCC2)nc2ccccc12)C(=O)Nc1ccc2c(c1)OCCO2. The second-order valence-corrected chi connectivity index (χ2v) is 9.29. The Balaban J connectivity index is 1.32. The van der Waals surface area contributed by atoms with Crippen molar-refractivity contribution in [2.75, 3.05) is 44.8 Å². The van der Waals surface area contributed by atoms with Gasteiger partial charge in [-0.25, -0.2) is 9.97 Å². The predicted molar refractivity (Wildman–Crippen MR) is 127 cm³/mol. The maximum absolute atomic E-state index is 13.0. The minimum Gasteiger partial charge on any atom is -0.486 e. The summed E-state index contributed by atoms with van der Waals surface area (Å²) in [7, 11) is 0. The zero-order valence-electron chi connectivity index (χ0n) is 18.5. The Bertz CT molecular complexity index is 1150. The highest BCUT2D eigenvalue weighted by molar-refractivity contribution is 8.00. The van der Waals surface area contributed by atoms with E-state index in [0.717, 1.165) is 48.1 Å². The molecular weight excluding hydrogens is 440 g/mol. The zero-order chi connectivity index (χ0) is 22.6. The van der Waals surface area contributed by atoms with Crippen molar-refractivity contribution in [2.45, 2.75) is 23.7 Å². The van der Waals surface area contributed by atoms with E-state index in [9.17, 15) is 4.79 Å². The molecule has 0 spiro atoms. The van der Waals surface area contributed by atoms with Crippen molar-refractivity contribution in [3.63, 3.8) is 0 Å². The van der Waals surface area contributed by atoms with E-state index in [2.05, 4.69) is 10.2 Å². The van der Waals surface area contributed by atoms with Crippen LogP contribution >= 0.6 is 11.8 Å². The molecular formula is C24H26N4O4S. The normalized spacial score (nSPS) is 17.0. The number of rotatable bonds is 6. The van der Waals surface area contributed by atoms with Crippen molar-refractivity contribution in [3.05, 3.63) is 48.3 Å². The maximum Gasteiger partial charge on any atom is 0.237 e. The Hall–Kier alpha value is -2.88. The highest BCUT2D eigenvalue weighted by Gasteiger charge is 2.20. The van der Waals surface area contributed by atoms with Gasteiger partial charge < -0.3 is 19.5 Å². The molecule has 2 aliphatic heterocycles. The van der Waals surface area contributed by atoms with Gasteiger partial charge in [-0.1, -0.05) is 30.0 Å². The van der Waals surface area contributed by atoms with Crippen molar-refractivity contribution < 1.29 is 19.0 Å². The van der Waals surface area contributed by atoms with Crippen LogP contribution in [0.15, 0.2) is 47.5 Å². The largest absolute Gasteiger partial charge is 0.486 e. The number of benzene rings is 2. The molecule has 1 fully saturated rings. The van der Waals surface area contributed by atoms with Crippen LogP contribution in [0.3, 0.4) is 0 Å². The number of para-hydroxylation sites is 1. The molecule has 2 aromatic carbocycles. The number of morpholine rings is 1. The van der Waals surface area contributed by atoms with Gasteiger partial charge in [0, 0.05) is 30.2 Å². The van der Waals surface area contributed by atoms with Crippen LogP contribution in [-0.4, -0.2) is 65.5 Å². The first-order valence-electron chi connectivity index (χ1n) is 11.1. The maximum atomic E-state index is 13.0. The summed E-state index contributed by atoms with van der Waals surface area (Å²) in [5, 5.41) is 4.39. The third-order valence-electron chi connectivity index (χ3n) is 5.55. The molecule has 1 saturated heterocycles. The lowest BCUT2D eigenvalue weighted by Crippen LogP contribution is -2.36. The van der Waals surface area contributed by atoms with Crippen LogP contribution in [0.25, 0.3) is 10.9 Å². The Morgan fingerprint density at radius 1 is 1.06 bits per heavy atom. The van der Waals surface area contributed by atoms with Gasteiger partial charge in [-0.05, 0) is 25.1 Å². The van der Waals surface area contributed by atoms with Gasteiger partial charge >= 0.3 is 0 Å². The molecule has 5 rings (SSSR count). The van der Waals surface area contributed by atoms with Crippen molar-refractivity contribution in [3.8, 4) is 11.5 Å². The second kappa shape index (κ2) is 9.94. The fourth-order valence-corrected chi connectivity index (χ4v) is 4.76. The highest BCUT2D eigenvalue weighted by atomic mass is 32.2. The highest BCUT2D eigenvalue weighted by Crippen LogP contribution is 2.33. The summed E-state index contributed by atoms with van der Waals surface area (Å²) < 4.78 is 16.6. The zero-order valence-corrected chi connectivity index (χ0v) is 19.3. The van der Waals surface area contributed by atoms with Gasteiger partial charge in [-0.15, -0.1) is 0 Å². The van der Waals surface area contributed by atoms with Gasteiger partial charge in [0.2, 0.25) is 5.91 Å². The van der Waals surface area contributed by atoms with Gasteiger partial charge in [0.25, 0.3) is 0 Å². The molecule has 1 amide bonds. The van der Waals surface area contributed by atoms with Crippen LogP contribution < -0.4 is 14.8 Å². The molecule has 0 radical (unpaired) electrons. The summed E-state index contributed by atoms with van der Waals surface area (Å²) in [6.07, 6.45) is 0. The van der Waals surface area contributed by atoms with Crippen LogP contribution in [0, 0.1) is 0 Å². The number of hydrogen-bond acceptors (Lipinski definition) is 8. The first-order chi connectivity index (χ1) is 16.2. The number of aromatic nitrogens is 2. The number of carbonyl (C=O) groups is 1. The van der Waals surface area contributed by atoms with Crippen LogP contribution in [0.4, 0.5) is 5.69 Å². The lowest BCUT2D eigenvalue weighted by molar-refractivity contribution is -0.115. The van der Waals surface area contributed by atoms with Gasteiger partial charge in [-0.2, -0.15) is 0 Å². The van der Waals surface area contributed by atoms with Crippen molar-refractivity contribution >= 4 is 34.3 Å². The third-order valence-corrected chi connectivity index (χ3v) is 6.65. The molecule has 2 aliphatic rings. The van der Waals surface area contributed by atoms with Crippen LogP contribution in [0.2, 0.25) is 0 Å². The molecule has 1 aromatic heterocycles. The lowest BCUT2D eigenvalue weighted by atomic mass is 10.2. The van der Waals surface area contributed by atoms with Crippen molar-refractivity contribution in [1.82, 2.24) is 14.9 Å². The van der Waals surface area contributed by atoms with E-state index in [1.807, 2.05) is 43.3 Å². The average Bonchev–Trinajstić information content (AvgIpc) is 2.84. The monoisotopic (exact) mass is 466 g/mol. The number of nitrogens with zero attached hydrogens (tertiary/aromatic N) is 3. The van der Waals surface area contributed by atoms with Crippen LogP contribution in [0.1, 0.15) is 12.7 Å². The molecule has 0 bridgehead atoms. The van der Waals surface area contributed by atoms with Crippen molar-refractivity contribution in [1.29, 1.82) is 0 Å². The molecule has 33 heavy (non-hydrogen) atoms. The summed E-state index contributed by atoms with van der Waals surface area (Å²) >= 11 is 1.44. The van der Waals surface area contributed by atoms with Gasteiger partial charge in [0.05, 0.1) is 30.5 Å². The van der Waals surface area contributed by atoms with Crippen LogP contribution in [0.5, 0.6) is 11.5 Å². The number of ether oxygens (including phenoxy) is 3. The third kappa shape index (κ3) is 5.21. The fraction of sp³-hybridized carbons (Fsp3) is 0.375. The van der Waals surface area contributed by atoms with E-state index in [1.165, 1.54) is 11.8 Å². The van der Waals surface area contributed by atoms with Gasteiger partial charge in [-0.3, -0.25) is 9.69 Å². The molecule has 1 N–H and O–H groups in total. The Labute approximate surface area is 196 Å². The summed E-state index contributed by atoms with van der Waals surface area (Å²) in [6, 6.07) is 13.4. The number of nitrogens with one attached hydrogen (secondary N) is 1. The molecule has 172 valence electrons. The van der Waals surface area contributed by atoms with Gasteiger partial charge in [0.1, 0.15) is 24.1 Å². The second-order valence-electron chi connectivity index (χ2n) is 7.96. The average molecular weight is 467 g/mol. The topological polar surface area (TPSA) is 85.8 Å². The van der Waals surface area contributed by atoms with E-state index in [-0.39, 0.29) is 11.2 Å². The smallest absolute Gasteiger partial charge is 0.237 e. The first kappa shape index (κ1) is 21.9. The van der Waals surface area contributed by atoms with Crippen molar-refractivity contribution in [2.24, 2.45) is 0 Å². The number of thioether (sulfide) groups is 1. The van der Waals surface area contributed by atoms with E-state index in [4.69, 9.17) is 24.2 Å². The summed E-state index contributed by atoms with van der Waals surface area (Å²) in [5.41, 5.74) is 1.56. The minimum atomic E-state index is -0.354. The molecule has 1 atom stereocenters.